The number of benzene rings is 2. The van der Waals surface area contributed by atoms with Gasteiger partial charge in [0.1, 0.15) is 5.82 Å². The number of nitrogens with one attached hydrogen (secondary N) is 2. The van der Waals surface area contributed by atoms with Gasteiger partial charge in [0.15, 0.2) is 0 Å². The molecule has 0 saturated heterocycles. The number of H-pyrrole nitrogens is 1. The first-order chi connectivity index (χ1) is 9.83. The number of aromatic nitrogens is 1. The van der Waals surface area contributed by atoms with Crippen LogP contribution in [0.15, 0.2) is 54.7 Å². The van der Waals surface area contributed by atoms with Crippen molar-refractivity contribution in [3.8, 4) is 0 Å². The molecule has 3 rings (SSSR count). The lowest BCUT2D eigenvalue weighted by molar-refractivity contribution is 0.598. The molecule has 2 N–H and O–H groups in total. The third-order valence-electron chi connectivity index (χ3n) is 3.48. The Labute approximate surface area is 117 Å². The zero-order valence-corrected chi connectivity index (χ0v) is 11.2. The SMILES string of the molecule is Fc1ccccc1CCNCc1ccc2cc[nH]c2c1. The van der Waals surface area contributed by atoms with Crippen molar-refractivity contribution in [1.29, 1.82) is 0 Å². The standard InChI is InChI=1S/C17H17FN2/c18-16-4-2-1-3-14(16)7-9-19-12-13-5-6-15-8-10-20-17(15)11-13/h1-6,8,10-11,19-20H,7,9,12H2. The number of fused-ring (bicyclic) bond motifs is 1. The van der Waals surface area contributed by atoms with Crippen LogP contribution in [-0.2, 0) is 13.0 Å². The van der Waals surface area contributed by atoms with Gasteiger partial charge in [0.25, 0.3) is 0 Å². The summed E-state index contributed by atoms with van der Waals surface area (Å²) in [7, 11) is 0. The highest BCUT2D eigenvalue weighted by atomic mass is 19.1. The van der Waals surface area contributed by atoms with Crippen LogP contribution in [0, 0.1) is 5.82 Å². The van der Waals surface area contributed by atoms with Crippen molar-refractivity contribution in [3.63, 3.8) is 0 Å². The maximum Gasteiger partial charge on any atom is 0.126 e. The highest BCUT2D eigenvalue weighted by Gasteiger charge is 2.00. The van der Waals surface area contributed by atoms with Crippen LogP contribution < -0.4 is 5.32 Å². The first kappa shape index (κ1) is 12.9. The number of aromatic amines is 1. The zero-order chi connectivity index (χ0) is 13.8. The average Bonchev–Trinajstić information content (AvgIpc) is 2.93. The summed E-state index contributed by atoms with van der Waals surface area (Å²) in [4.78, 5) is 3.21. The first-order valence-electron chi connectivity index (χ1n) is 6.83. The topological polar surface area (TPSA) is 27.8 Å². The second kappa shape index (κ2) is 5.88. The fourth-order valence-corrected chi connectivity index (χ4v) is 2.36. The van der Waals surface area contributed by atoms with E-state index in [2.05, 4.69) is 34.6 Å². The number of hydrogen-bond acceptors (Lipinski definition) is 1. The predicted molar refractivity (Wildman–Crippen MR) is 80.1 cm³/mol. The molecule has 0 aliphatic rings. The molecule has 1 aromatic heterocycles. The summed E-state index contributed by atoms with van der Waals surface area (Å²) in [6.07, 6.45) is 2.65. The summed E-state index contributed by atoms with van der Waals surface area (Å²) < 4.78 is 13.4. The molecule has 0 unspecified atom stereocenters. The molecule has 0 aliphatic carbocycles. The van der Waals surface area contributed by atoms with Gasteiger partial charge in [-0.25, -0.2) is 4.39 Å². The molecule has 3 heteroatoms. The Kier molecular flexibility index (Phi) is 3.79. The van der Waals surface area contributed by atoms with Crippen LogP contribution in [0.4, 0.5) is 4.39 Å². The number of rotatable bonds is 5. The largest absolute Gasteiger partial charge is 0.361 e. The monoisotopic (exact) mass is 268 g/mol. The van der Waals surface area contributed by atoms with E-state index >= 15 is 0 Å². The van der Waals surface area contributed by atoms with Gasteiger partial charge in [-0.1, -0.05) is 30.3 Å². The van der Waals surface area contributed by atoms with Crippen molar-refractivity contribution in [1.82, 2.24) is 10.3 Å². The van der Waals surface area contributed by atoms with E-state index in [1.807, 2.05) is 18.3 Å². The summed E-state index contributed by atoms with van der Waals surface area (Å²) in [5.41, 5.74) is 3.15. The summed E-state index contributed by atoms with van der Waals surface area (Å²) in [5.74, 6) is -0.123. The molecule has 3 aromatic rings. The van der Waals surface area contributed by atoms with E-state index in [1.165, 1.54) is 17.0 Å². The van der Waals surface area contributed by atoms with Gasteiger partial charge in [0, 0.05) is 18.3 Å². The molecule has 0 bridgehead atoms. The third kappa shape index (κ3) is 2.89. The molecule has 0 amide bonds. The predicted octanol–water partition coefficient (Wildman–Crippen LogP) is 3.64. The van der Waals surface area contributed by atoms with Gasteiger partial charge in [-0.15, -0.1) is 0 Å². The van der Waals surface area contributed by atoms with Gasteiger partial charge < -0.3 is 10.3 Å². The van der Waals surface area contributed by atoms with E-state index in [1.54, 1.807) is 6.07 Å². The van der Waals surface area contributed by atoms with E-state index in [4.69, 9.17) is 0 Å². The second-order valence-electron chi connectivity index (χ2n) is 4.92. The quantitative estimate of drug-likeness (QED) is 0.679. The molecule has 0 aliphatic heterocycles. The lowest BCUT2D eigenvalue weighted by Gasteiger charge is -2.06. The van der Waals surface area contributed by atoms with Gasteiger partial charge in [-0.2, -0.15) is 0 Å². The third-order valence-corrected chi connectivity index (χ3v) is 3.48. The molecule has 0 fully saturated rings. The van der Waals surface area contributed by atoms with Gasteiger partial charge in [-0.05, 0) is 47.7 Å². The molecule has 0 atom stereocenters. The minimum absolute atomic E-state index is 0.123. The molecule has 0 radical (unpaired) electrons. The molecular formula is C17H17FN2. The van der Waals surface area contributed by atoms with Crippen molar-refractivity contribution < 1.29 is 4.39 Å². The Balaban J connectivity index is 1.53. The Morgan fingerprint density at radius 3 is 2.85 bits per heavy atom. The van der Waals surface area contributed by atoms with Gasteiger partial charge in [-0.3, -0.25) is 0 Å². The van der Waals surface area contributed by atoms with Crippen molar-refractivity contribution in [2.45, 2.75) is 13.0 Å². The minimum Gasteiger partial charge on any atom is -0.361 e. The fourth-order valence-electron chi connectivity index (χ4n) is 2.36. The van der Waals surface area contributed by atoms with E-state index in [0.717, 1.165) is 24.2 Å². The van der Waals surface area contributed by atoms with E-state index in [-0.39, 0.29) is 5.82 Å². The lowest BCUT2D eigenvalue weighted by atomic mass is 10.1. The van der Waals surface area contributed by atoms with Crippen LogP contribution in [0.1, 0.15) is 11.1 Å². The zero-order valence-electron chi connectivity index (χ0n) is 11.2. The lowest BCUT2D eigenvalue weighted by Crippen LogP contribution is -2.17. The van der Waals surface area contributed by atoms with Gasteiger partial charge in [0.05, 0.1) is 0 Å². The highest BCUT2D eigenvalue weighted by molar-refractivity contribution is 5.79. The molecule has 1 heterocycles. The molecular weight excluding hydrogens is 251 g/mol. The normalized spacial score (nSPS) is 11.1. The second-order valence-corrected chi connectivity index (χ2v) is 4.92. The highest BCUT2D eigenvalue weighted by Crippen LogP contribution is 2.14. The van der Waals surface area contributed by atoms with E-state index in [9.17, 15) is 4.39 Å². The van der Waals surface area contributed by atoms with Crippen molar-refractivity contribution in [2.24, 2.45) is 0 Å². The molecule has 20 heavy (non-hydrogen) atoms. The van der Waals surface area contributed by atoms with Crippen LogP contribution in [-0.4, -0.2) is 11.5 Å². The Bertz CT molecular complexity index is 703. The van der Waals surface area contributed by atoms with Crippen LogP contribution in [0.2, 0.25) is 0 Å². The molecule has 2 aromatic carbocycles. The van der Waals surface area contributed by atoms with Crippen molar-refractivity contribution in [3.05, 3.63) is 71.7 Å². The van der Waals surface area contributed by atoms with Crippen LogP contribution in [0.25, 0.3) is 10.9 Å². The summed E-state index contributed by atoms with van der Waals surface area (Å²) in [6.45, 7) is 1.56. The first-order valence-corrected chi connectivity index (χ1v) is 6.83. The molecule has 102 valence electrons. The van der Waals surface area contributed by atoms with E-state index < -0.39 is 0 Å². The van der Waals surface area contributed by atoms with Gasteiger partial charge >= 0.3 is 0 Å². The van der Waals surface area contributed by atoms with E-state index in [0.29, 0.717) is 6.42 Å². The van der Waals surface area contributed by atoms with Crippen molar-refractivity contribution in [2.75, 3.05) is 6.54 Å². The summed E-state index contributed by atoms with van der Waals surface area (Å²) in [5, 5.41) is 4.58. The van der Waals surface area contributed by atoms with Crippen molar-refractivity contribution >= 4 is 10.9 Å². The molecule has 0 saturated carbocycles. The maximum absolute atomic E-state index is 13.4. The smallest absolute Gasteiger partial charge is 0.126 e. The Morgan fingerprint density at radius 2 is 1.95 bits per heavy atom. The molecule has 0 spiro atoms. The van der Waals surface area contributed by atoms with Crippen LogP contribution in [0.3, 0.4) is 0 Å². The minimum atomic E-state index is -0.123. The number of hydrogen-bond donors (Lipinski definition) is 2. The molecule has 2 nitrogen and oxygen atoms in total. The van der Waals surface area contributed by atoms with Crippen LogP contribution >= 0.6 is 0 Å². The maximum atomic E-state index is 13.4. The summed E-state index contributed by atoms with van der Waals surface area (Å²) >= 11 is 0. The Morgan fingerprint density at radius 1 is 1.05 bits per heavy atom. The average molecular weight is 268 g/mol. The number of halogens is 1. The fraction of sp³-hybridized carbons (Fsp3) is 0.176. The van der Waals surface area contributed by atoms with Crippen LogP contribution in [0.5, 0.6) is 0 Å². The Hall–Kier alpha value is -2.13. The van der Waals surface area contributed by atoms with Gasteiger partial charge in [0.2, 0.25) is 0 Å². The summed E-state index contributed by atoms with van der Waals surface area (Å²) in [6, 6.07) is 15.4.